The van der Waals surface area contributed by atoms with Gasteiger partial charge < -0.3 is 9.88 Å². The van der Waals surface area contributed by atoms with Crippen molar-refractivity contribution in [1.29, 1.82) is 0 Å². The Kier molecular flexibility index (Phi) is 6.96. The highest BCUT2D eigenvalue weighted by atomic mass is 19.1. The van der Waals surface area contributed by atoms with Crippen molar-refractivity contribution in [3.63, 3.8) is 0 Å². The third-order valence-corrected chi connectivity index (χ3v) is 7.02. The van der Waals surface area contributed by atoms with E-state index < -0.39 is 0 Å². The number of carbonyl (C=O) groups is 1. The molecule has 1 aliphatic heterocycles. The molecule has 1 aromatic heterocycles. The van der Waals surface area contributed by atoms with Gasteiger partial charge in [-0.1, -0.05) is 60.2 Å². The number of aryl methyl sites for hydroxylation is 1. The number of benzene rings is 3. The van der Waals surface area contributed by atoms with Crippen molar-refractivity contribution >= 4 is 16.8 Å². The quantitative estimate of drug-likeness (QED) is 0.379. The number of halogens is 1. The van der Waals surface area contributed by atoms with Crippen molar-refractivity contribution < 1.29 is 9.18 Å². The van der Waals surface area contributed by atoms with Crippen molar-refractivity contribution in [3.8, 4) is 0 Å². The molecule has 0 atom stereocenters. The predicted octanol–water partition coefficient (Wildman–Crippen LogP) is 5.67. The zero-order chi connectivity index (χ0) is 24.2. The van der Waals surface area contributed by atoms with Gasteiger partial charge in [-0.3, -0.25) is 9.69 Å². The van der Waals surface area contributed by atoms with Gasteiger partial charge in [0.15, 0.2) is 0 Å². The molecule has 2 heterocycles. The van der Waals surface area contributed by atoms with Crippen molar-refractivity contribution in [2.24, 2.45) is 5.92 Å². The number of nitrogens with zero attached hydrogens (tertiary/aromatic N) is 2. The Hall–Kier alpha value is -3.44. The summed E-state index contributed by atoms with van der Waals surface area (Å²) in [6.07, 6.45) is 1.68. The molecule has 5 heteroatoms. The minimum atomic E-state index is -0.273. The third-order valence-electron chi connectivity index (χ3n) is 7.02. The number of likely N-dealkylation sites (tertiary alicyclic amines) is 1. The molecule has 1 saturated heterocycles. The Bertz CT molecular complexity index is 1320. The van der Waals surface area contributed by atoms with E-state index in [9.17, 15) is 9.18 Å². The molecule has 0 aliphatic carbocycles. The van der Waals surface area contributed by atoms with Crippen LogP contribution in [-0.4, -0.2) is 28.5 Å². The number of piperidine rings is 1. The molecule has 35 heavy (non-hydrogen) atoms. The minimum absolute atomic E-state index is 0.0120. The molecular weight excluding hydrogens is 437 g/mol. The summed E-state index contributed by atoms with van der Waals surface area (Å²) in [6.45, 7) is 6.02. The van der Waals surface area contributed by atoms with Crippen LogP contribution in [0.25, 0.3) is 10.9 Å². The van der Waals surface area contributed by atoms with E-state index >= 15 is 0 Å². The highest BCUT2D eigenvalue weighted by Crippen LogP contribution is 2.25. The molecule has 1 fully saturated rings. The lowest BCUT2D eigenvalue weighted by atomic mass is 9.95. The molecule has 4 nitrogen and oxygen atoms in total. The first-order chi connectivity index (χ1) is 17.0. The second kappa shape index (κ2) is 10.4. The van der Waals surface area contributed by atoms with Gasteiger partial charge in [0.05, 0.1) is 0 Å². The topological polar surface area (TPSA) is 37.3 Å². The van der Waals surface area contributed by atoms with Gasteiger partial charge in [-0.2, -0.15) is 0 Å². The van der Waals surface area contributed by atoms with E-state index in [0.29, 0.717) is 6.54 Å². The Morgan fingerprint density at radius 1 is 0.914 bits per heavy atom. The number of para-hydroxylation sites is 1. The third kappa shape index (κ3) is 5.63. The largest absolute Gasteiger partial charge is 0.352 e. The molecule has 5 rings (SSSR count). The van der Waals surface area contributed by atoms with E-state index in [0.717, 1.165) is 44.6 Å². The molecule has 180 valence electrons. The lowest BCUT2D eigenvalue weighted by Crippen LogP contribution is -2.40. The first kappa shape index (κ1) is 23.3. The first-order valence-electron chi connectivity index (χ1n) is 12.4. The van der Waals surface area contributed by atoms with Crippen molar-refractivity contribution in [3.05, 3.63) is 107 Å². The summed E-state index contributed by atoms with van der Waals surface area (Å²) in [5, 5.41) is 4.26. The summed E-state index contributed by atoms with van der Waals surface area (Å²) in [6, 6.07) is 26.0. The number of nitrogens with one attached hydrogen (secondary N) is 1. The van der Waals surface area contributed by atoms with Gasteiger partial charge in [-0.15, -0.1) is 0 Å². The van der Waals surface area contributed by atoms with Crippen LogP contribution in [0.2, 0.25) is 0 Å². The van der Waals surface area contributed by atoms with Crippen LogP contribution in [0.4, 0.5) is 4.39 Å². The zero-order valence-electron chi connectivity index (χ0n) is 20.2. The Labute approximate surface area is 206 Å². The van der Waals surface area contributed by atoms with Gasteiger partial charge >= 0.3 is 0 Å². The fraction of sp³-hybridized carbons (Fsp3) is 0.300. The predicted molar refractivity (Wildman–Crippen MR) is 138 cm³/mol. The smallest absolute Gasteiger partial charge is 0.223 e. The zero-order valence-corrected chi connectivity index (χ0v) is 20.2. The molecule has 1 N–H and O–H groups in total. The lowest BCUT2D eigenvalue weighted by Gasteiger charge is -2.31. The number of rotatable bonds is 7. The number of carbonyl (C=O) groups excluding carboxylic acids is 1. The van der Waals surface area contributed by atoms with E-state index in [2.05, 4.69) is 76.3 Å². The van der Waals surface area contributed by atoms with E-state index in [4.69, 9.17) is 0 Å². The highest BCUT2D eigenvalue weighted by Gasteiger charge is 2.25. The van der Waals surface area contributed by atoms with E-state index in [1.807, 2.05) is 6.07 Å². The van der Waals surface area contributed by atoms with Gasteiger partial charge in [-0.05, 0) is 73.6 Å². The molecule has 0 radical (unpaired) electrons. The van der Waals surface area contributed by atoms with E-state index in [1.165, 1.54) is 39.9 Å². The molecule has 1 amide bonds. The first-order valence-corrected chi connectivity index (χ1v) is 12.4. The number of hydrogen-bond acceptors (Lipinski definition) is 2. The van der Waals surface area contributed by atoms with Crippen molar-refractivity contribution in [1.82, 2.24) is 14.8 Å². The summed E-state index contributed by atoms with van der Waals surface area (Å²) in [5.41, 5.74) is 5.94. The molecule has 4 aromatic rings. The number of amides is 1. The second-order valence-electron chi connectivity index (χ2n) is 9.67. The fourth-order valence-electron chi connectivity index (χ4n) is 5.14. The van der Waals surface area contributed by atoms with Crippen LogP contribution >= 0.6 is 0 Å². The maximum Gasteiger partial charge on any atom is 0.223 e. The highest BCUT2D eigenvalue weighted by molar-refractivity contribution is 5.81. The number of fused-ring (bicyclic) bond motifs is 1. The molecular formula is C30H32FN3O. The van der Waals surface area contributed by atoms with Crippen molar-refractivity contribution in [2.75, 3.05) is 13.1 Å². The maximum absolute atomic E-state index is 13.4. The second-order valence-corrected chi connectivity index (χ2v) is 9.67. The van der Waals surface area contributed by atoms with Crippen LogP contribution in [0.5, 0.6) is 0 Å². The van der Waals surface area contributed by atoms with Gasteiger partial charge in [0, 0.05) is 36.8 Å². The Morgan fingerprint density at radius 2 is 1.69 bits per heavy atom. The van der Waals surface area contributed by atoms with Crippen LogP contribution in [0.3, 0.4) is 0 Å². The molecule has 0 spiro atoms. The SMILES string of the molecule is Cc1cccc(Cn2c(CN3CCC(C(=O)NCc4cccc(F)c4)CC3)cc3ccccc32)c1. The lowest BCUT2D eigenvalue weighted by molar-refractivity contribution is -0.126. The number of aromatic nitrogens is 1. The molecule has 0 unspecified atom stereocenters. The monoisotopic (exact) mass is 469 g/mol. The van der Waals surface area contributed by atoms with Crippen LogP contribution in [0.1, 0.15) is 35.2 Å². The summed E-state index contributed by atoms with van der Waals surface area (Å²) in [5.74, 6) is -0.190. The Morgan fingerprint density at radius 3 is 2.49 bits per heavy atom. The van der Waals surface area contributed by atoms with Crippen LogP contribution in [0.15, 0.2) is 78.9 Å². The number of hydrogen-bond donors (Lipinski definition) is 1. The Balaban J connectivity index is 1.22. The minimum Gasteiger partial charge on any atom is -0.352 e. The fourth-order valence-corrected chi connectivity index (χ4v) is 5.14. The summed E-state index contributed by atoms with van der Waals surface area (Å²) < 4.78 is 15.8. The van der Waals surface area contributed by atoms with Crippen molar-refractivity contribution in [2.45, 2.75) is 39.4 Å². The molecule has 0 saturated carbocycles. The summed E-state index contributed by atoms with van der Waals surface area (Å²) >= 11 is 0. The molecule has 1 aliphatic rings. The van der Waals surface area contributed by atoms with E-state index in [1.54, 1.807) is 6.07 Å². The average Bonchev–Trinajstić information content (AvgIpc) is 3.20. The van der Waals surface area contributed by atoms with E-state index in [-0.39, 0.29) is 17.6 Å². The van der Waals surface area contributed by atoms with Gasteiger partial charge in [0.25, 0.3) is 0 Å². The maximum atomic E-state index is 13.4. The van der Waals surface area contributed by atoms with Crippen LogP contribution in [-0.2, 0) is 24.4 Å². The van der Waals surface area contributed by atoms with Gasteiger partial charge in [0.2, 0.25) is 5.91 Å². The molecule has 0 bridgehead atoms. The van der Waals surface area contributed by atoms with Gasteiger partial charge in [-0.25, -0.2) is 4.39 Å². The summed E-state index contributed by atoms with van der Waals surface area (Å²) in [7, 11) is 0. The normalized spacial score (nSPS) is 14.9. The molecule has 3 aromatic carbocycles. The average molecular weight is 470 g/mol. The van der Waals surface area contributed by atoms with Crippen LogP contribution in [0, 0.1) is 18.7 Å². The summed E-state index contributed by atoms with van der Waals surface area (Å²) in [4.78, 5) is 15.2. The van der Waals surface area contributed by atoms with Crippen LogP contribution < -0.4 is 5.32 Å². The standard InChI is InChI=1S/C30H32FN3O/c1-22-6-4-8-24(16-22)20-34-28(18-26-9-2-3-11-29(26)34)21-33-14-12-25(13-15-33)30(35)32-19-23-7-5-10-27(31)17-23/h2-11,16-18,25H,12-15,19-21H2,1H3,(H,32,35). The van der Waals surface area contributed by atoms with Gasteiger partial charge in [0.1, 0.15) is 5.82 Å².